The van der Waals surface area contributed by atoms with Gasteiger partial charge in [0, 0.05) is 38.8 Å². The van der Waals surface area contributed by atoms with Crippen molar-refractivity contribution in [2.24, 2.45) is 4.99 Å². The summed E-state index contributed by atoms with van der Waals surface area (Å²) in [6, 6.07) is 16.5. The van der Waals surface area contributed by atoms with Gasteiger partial charge >= 0.3 is 0 Å². The van der Waals surface area contributed by atoms with Crippen LogP contribution < -0.4 is 15.5 Å². The average Bonchev–Trinajstić information content (AvgIpc) is 3.19. The highest BCUT2D eigenvalue weighted by Crippen LogP contribution is 2.21. The number of guanidine groups is 1. The number of nitrogens with one attached hydrogen (secondary N) is 2. The summed E-state index contributed by atoms with van der Waals surface area (Å²) in [5.74, 6) is 0.961. The van der Waals surface area contributed by atoms with Crippen LogP contribution in [0.25, 0.3) is 0 Å². The van der Waals surface area contributed by atoms with Crippen LogP contribution in [0.1, 0.15) is 43.4 Å². The number of hydrogen-bond donors (Lipinski definition) is 2. The molecule has 30 heavy (non-hydrogen) atoms. The van der Waals surface area contributed by atoms with E-state index in [2.05, 4.69) is 52.0 Å². The lowest BCUT2D eigenvalue weighted by atomic mass is 10.1. The summed E-state index contributed by atoms with van der Waals surface area (Å²) in [4.78, 5) is 18.0. The smallest absolute Gasteiger partial charge is 0.227 e. The SMILES string of the molecule is CN=C(NCc1ccc(N2CCCC2=O)cc1)NCc1cccc(COC(C)C)c1. The first-order valence-electron chi connectivity index (χ1n) is 10.6. The first-order valence-corrected chi connectivity index (χ1v) is 10.6. The van der Waals surface area contributed by atoms with E-state index < -0.39 is 0 Å². The van der Waals surface area contributed by atoms with E-state index >= 15 is 0 Å². The summed E-state index contributed by atoms with van der Waals surface area (Å²) in [6.07, 6.45) is 1.82. The van der Waals surface area contributed by atoms with Crippen LogP contribution in [-0.4, -0.2) is 31.6 Å². The fraction of sp³-hybridized carbons (Fsp3) is 0.417. The molecule has 160 valence electrons. The first-order chi connectivity index (χ1) is 14.5. The number of hydrogen-bond acceptors (Lipinski definition) is 3. The number of aliphatic imine (C=N–C) groups is 1. The first kappa shape index (κ1) is 21.8. The Balaban J connectivity index is 1.48. The summed E-state index contributed by atoms with van der Waals surface area (Å²) >= 11 is 0. The van der Waals surface area contributed by atoms with Gasteiger partial charge in [-0.2, -0.15) is 0 Å². The minimum atomic E-state index is 0.213. The molecule has 2 aromatic carbocycles. The Bertz CT molecular complexity index is 862. The monoisotopic (exact) mass is 408 g/mol. The molecule has 6 nitrogen and oxygen atoms in total. The Morgan fingerprint density at radius 2 is 1.77 bits per heavy atom. The lowest BCUT2D eigenvalue weighted by Crippen LogP contribution is -2.36. The molecule has 0 saturated carbocycles. The maximum Gasteiger partial charge on any atom is 0.227 e. The Labute approximate surface area is 179 Å². The molecule has 1 saturated heterocycles. The van der Waals surface area contributed by atoms with E-state index in [0.29, 0.717) is 26.1 Å². The van der Waals surface area contributed by atoms with Crippen LogP contribution in [0, 0.1) is 0 Å². The molecular formula is C24H32N4O2. The zero-order valence-corrected chi connectivity index (χ0v) is 18.1. The third-order valence-corrected chi connectivity index (χ3v) is 5.04. The van der Waals surface area contributed by atoms with E-state index in [0.717, 1.165) is 30.2 Å². The third-order valence-electron chi connectivity index (χ3n) is 5.04. The maximum atomic E-state index is 11.9. The van der Waals surface area contributed by atoms with Crippen LogP contribution in [0.3, 0.4) is 0 Å². The van der Waals surface area contributed by atoms with E-state index in [1.807, 2.05) is 30.9 Å². The Morgan fingerprint density at radius 1 is 1.07 bits per heavy atom. The zero-order valence-electron chi connectivity index (χ0n) is 18.1. The van der Waals surface area contributed by atoms with E-state index in [-0.39, 0.29) is 12.0 Å². The number of amides is 1. The minimum absolute atomic E-state index is 0.213. The molecule has 0 unspecified atom stereocenters. The van der Waals surface area contributed by atoms with Crippen molar-refractivity contribution in [3.63, 3.8) is 0 Å². The van der Waals surface area contributed by atoms with E-state index in [1.54, 1.807) is 7.05 Å². The number of anilines is 1. The van der Waals surface area contributed by atoms with Gasteiger partial charge in [-0.15, -0.1) is 0 Å². The van der Waals surface area contributed by atoms with Gasteiger partial charge < -0.3 is 20.3 Å². The summed E-state index contributed by atoms with van der Waals surface area (Å²) in [7, 11) is 1.77. The van der Waals surface area contributed by atoms with Crippen molar-refractivity contribution >= 4 is 17.6 Å². The standard InChI is InChI=1S/C24H32N4O2/c1-18(2)30-17-21-7-4-6-20(14-21)16-27-24(25-3)26-15-19-9-11-22(12-10-19)28-13-5-8-23(28)29/h4,6-7,9-12,14,18H,5,8,13,15-17H2,1-3H3,(H2,25,26,27). The Hall–Kier alpha value is -2.86. The van der Waals surface area contributed by atoms with Gasteiger partial charge in [0.1, 0.15) is 0 Å². The second-order valence-corrected chi connectivity index (χ2v) is 7.77. The normalized spacial score (nSPS) is 14.5. The van der Waals surface area contributed by atoms with E-state index in [4.69, 9.17) is 4.74 Å². The molecule has 1 fully saturated rings. The predicted octanol–water partition coefficient (Wildman–Crippen LogP) is 3.60. The topological polar surface area (TPSA) is 66.0 Å². The van der Waals surface area contributed by atoms with Crippen molar-refractivity contribution in [2.45, 2.75) is 52.5 Å². The fourth-order valence-corrected chi connectivity index (χ4v) is 3.40. The molecule has 0 radical (unpaired) electrons. The number of rotatable bonds is 8. The average molecular weight is 409 g/mol. The summed E-state index contributed by atoms with van der Waals surface area (Å²) < 4.78 is 5.69. The molecule has 1 aliphatic rings. The highest BCUT2D eigenvalue weighted by molar-refractivity contribution is 5.95. The molecule has 1 heterocycles. The predicted molar refractivity (Wildman–Crippen MR) is 121 cm³/mol. The van der Waals surface area contributed by atoms with Gasteiger partial charge in [0.25, 0.3) is 0 Å². The molecule has 2 N–H and O–H groups in total. The van der Waals surface area contributed by atoms with Crippen molar-refractivity contribution in [1.82, 2.24) is 10.6 Å². The highest BCUT2D eigenvalue weighted by atomic mass is 16.5. The van der Waals surface area contributed by atoms with Crippen LogP contribution in [-0.2, 0) is 29.2 Å². The van der Waals surface area contributed by atoms with Crippen molar-refractivity contribution in [3.05, 3.63) is 65.2 Å². The molecule has 0 spiro atoms. The molecule has 0 aromatic heterocycles. The third kappa shape index (κ3) is 6.32. The number of benzene rings is 2. The van der Waals surface area contributed by atoms with Gasteiger partial charge in [0.15, 0.2) is 5.96 Å². The van der Waals surface area contributed by atoms with Crippen LogP contribution in [0.5, 0.6) is 0 Å². The lowest BCUT2D eigenvalue weighted by Gasteiger charge is -2.16. The van der Waals surface area contributed by atoms with E-state index in [9.17, 15) is 4.79 Å². The van der Waals surface area contributed by atoms with Gasteiger partial charge in [-0.3, -0.25) is 9.79 Å². The molecule has 2 aromatic rings. The number of carbonyl (C=O) groups excluding carboxylic acids is 1. The number of carbonyl (C=O) groups is 1. The quantitative estimate of drug-likeness (QED) is 0.517. The molecular weight excluding hydrogens is 376 g/mol. The van der Waals surface area contributed by atoms with Gasteiger partial charge in [-0.05, 0) is 49.1 Å². The van der Waals surface area contributed by atoms with Gasteiger partial charge in [-0.1, -0.05) is 36.4 Å². The second-order valence-electron chi connectivity index (χ2n) is 7.77. The second kappa shape index (κ2) is 10.8. The van der Waals surface area contributed by atoms with Crippen molar-refractivity contribution < 1.29 is 9.53 Å². The minimum Gasteiger partial charge on any atom is -0.374 e. The van der Waals surface area contributed by atoms with Crippen LogP contribution in [0.15, 0.2) is 53.5 Å². The highest BCUT2D eigenvalue weighted by Gasteiger charge is 2.21. The summed E-state index contributed by atoms with van der Waals surface area (Å²) in [6.45, 7) is 6.87. The zero-order chi connectivity index (χ0) is 21.3. The molecule has 0 bridgehead atoms. The van der Waals surface area contributed by atoms with Crippen molar-refractivity contribution in [3.8, 4) is 0 Å². The lowest BCUT2D eigenvalue weighted by molar-refractivity contribution is -0.117. The number of nitrogens with zero attached hydrogens (tertiary/aromatic N) is 2. The fourth-order valence-electron chi connectivity index (χ4n) is 3.40. The number of ether oxygens (including phenoxy) is 1. The molecule has 3 rings (SSSR count). The molecule has 6 heteroatoms. The summed E-state index contributed by atoms with van der Waals surface area (Å²) in [5, 5.41) is 6.70. The van der Waals surface area contributed by atoms with Crippen LogP contribution in [0.2, 0.25) is 0 Å². The van der Waals surface area contributed by atoms with Crippen molar-refractivity contribution in [1.29, 1.82) is 0 Å². The molecule has 0 aliphatic carbocycles. The van der Waals surface area contributed by atoms with Gasteiger partial charge in [0.05, 0.1) is 12.7 Å². The Morgan fingerprint density at radius 3 is 2.40 bits per heavy atom. The van der Waals surface area contributed by atoms with E-state index in [1.165, 1.54) is 11.1 Å². The molecule has 1 amide bonds. The summed E-state index contributed by atoms with van der Waals surface area (Å²) in [5.41, 5.74) is 4.47. The van der Waals surface area contributed by atoms with Crippen LogP contribution in [0.4, 0.5) is 5.69 Å². The molecule has 0 atom stereocenters. The van der Waals surface area contributed by atoms with Crippen molar-refractivity contribution in [2.75, 3.05) is 18.5 Å². The van der Waals surface area contributed by atoms with Crippen LogP contribution >= 0.6 is 0 Å². The maximum absolute atomic E-state index is 11.9. The Kier molecular flexibility index (Phi) is 7.85. The van der Waals surface area contributed by atoms with Gasteiger partial charge in [-0.25, -0.2) is 0 Å². The van der Waals surface area contributed by atoms with Gasteiger partial charge in [0.2, 0.25) is 5.91 Å². The molecule has 1 aliphatic heterocycles. The largest absolute Gasteiger partial charge is 0.374 e.